The average molecular weight is 512 g/mol. The molecule has 0 atom stereocenters. The smallest absolute Gasteiger partial charge is 0.325 e. The number of hydrogen-bond donors (Lipinski definition) is 3. The Labute approximate surface area is 220 Å². The quantitative estimate of drug-likeness (QED) is 0.166. The molecule has 0 radical (unpaired) electrons. The van der Waals surface area contributed by atoms with Crippen molar-refractivity contribution in [1.29, 1.82) is 0 Å². The summed E-state index contributed by atoms with van der Waals surface area (Å²) in [5.74, 6) is 1.17. The van der Waals surface area contributed by atoms with Gasteiger partial charge in [-0.3, -0.25) is 4.79 Å². The van der Waals surface area contributed by atoms with Gasteiger partial charge in [-0.2, -0.15) is 0 Å². The molecule has 4 N–H and O–H groups in total. The second-order valence-corrected chi connectivity index (χ2v) is 8.45. The lowest BCUT2D eigenvalue weighted by Gasteiger charge is -2.19. The Hall–Kier alpha value is -3.33. The molecular formula is C29H41N3O5. The number of ether oxygens (including phenoxy) is 3. The van der Waals surface area contributed by atoms with Gasteiger partial charge < -0.3 is 35.3 Å². The van der Waals surface area contributed by atoms with Crippen molar-refractivity contribution in [1.82, 2.24) is 10.2 Å². The number of phenolic OH excluding ortho intramolecular Hbond substituents is 1. The van der Waals surface area contributed by atoms with Crippen LogP contribution >= 0.6 is 0 Å². The molecule has 0 fully saturated rings. The van der Waals surface area contributed by atoms with Crippen molar-refractivity contribution in [2.75, 3.05) is 53.5 Å². The third kappa shape index (κ3) is 11.1. The van der Waals surface area contributed by atoms with Crippen molar-refractivity contribution in [2.45, 2.75) is 26.2 Å². The lowest BCUT2D eigenvalue weighted by Crippen LogP contribution is -2.37. The Morgan fingerprint density at radius 1 is 0.973 bits per heavy atom. The van der Waals surface area contributed by atoms with Gasteiger partial charge in [-0.15, -0.1) is 0 Å². The SMILES string of the molecule is CCN(CCN)CCNCC(=O)Oc1ccc(/C=C/CCC/C=C/c2ccc(O)c(OC)c2)cc1OC. The van der Waals surface area contributed by atoms with Crippen molar-refractivity contribution in [3.63, 3.8) is 0 Å². The Morgan fingerprint density at radius 3 is 2.24 bits per heavy atom. The van der Waals surface area contributed by atoms with Gasteiger partial charge in [0.05, 0.1) is 20.8 Å². The summed E-state index contributed by atoms with van der Waals surface area (Å²) in [6.45, 7) is 6.12. The summed E-state index contributed by atoms with van der Waals surface area (Å²) in [4.78, 5) is 14.5. The first-order valence-electron chi connectivity index (χ1n) is 12.7. The van der Waals surface area contributed by atoms with Crippen LogP contribution in [0.15, 0.2) is 48.6 Å². The number of carbonyl (C=O) groups excluding carboxylic acids is 1. The summed E-state index contributed by atoms with van der Waals surface area (Å²) < 4.78 is 16.0. The Bertz CT molecular complexity index is 1020. The molecule has 0 aliphatic carbocycles. The van der Waals surface area contributed by atoms with E-state index in [4.69, 9.17) is 19.9 Å². The fourth-order valence-corrected chi connectivity index (χ4v) is 3.66. The minimum Gasteiger partial charge on any atom is -0.504 e. The van der Waals surface area contributed by atoms with Crippen molar-refractivity contribution in [3.8, 4) is 23.0 Å². The van der Waals surface area contributed by atoms with Gasteiger partial charge in [0.2, 0.25) is 0 Å². The number of nitrogens with two attached hydrogens (primary N) is 1. The fraction of sp³-hybridized carbons (Fsp3) is 0.414. The van der Waals surface area contributed by atoms with E-state index in [0.717, 1.165) is 50.0 Å². The summed E-state index contributed by atoms with van der Waals surface area (Å²) >= 11 is 0. The van der Waals surface area contributed by atoms with E-state index in [1.165, 1.54) is 7.11 Å². The van der Waals surface area contributed by atoms with Gasteiger partial charge >= 0.3 is 5.97 Å². The zero-order chi connectivity index (χ0) is 26.9. The summed E-state index contributed by atoms with van der Waals surface area (Å²) in [6.07, 6.45) is 11.1. The number of hydrogen-bond acceptors (Lipinski definition) is 8. The van der Waals surface area contributed by atoms with E-state index in [0.29, 0.717) is 30.3 Å². The van der Waals surface area contributed by atoms with Gasteiger partial charge in [0, 0.05) is 26.2 Å². The third-order valence-electron chi connectivity index (χ3n) is 5.74. The van der Waals surface area contributed by atoms with E-state index in [-0.39, 0.29) is 18.3 Å². The van der Waals surface area contributed by atoms with Gasteiger partial charge in [0.1, 0.15) is 0 Å². The molecular weight excluding hydrogens is 470 g/mol. The number of unbranched alkanes of at least 4 members (excludes halogenated alkanes) is 2. The second-order valence-electron chi connectivity index (χ2n) is 8.45. The second kappa shape index (κ2) is 17.2. The summed E-state index contributed by atoms with van der Waals surface area (Å²) in [7, 11) is 3.10. The first kappa shape index (κ1) is 29.9. The van der Waals surface area contributed by atoms with Crippen LogP contribution in [0.25, 0.3) is 12.2 Å². The van der Waals surface area contributed by atoms with E-state index < -0.39 is 0 Å². The number of nitrogens with one attached hydrogen (secondary N) is 1. The molecule has 0 spiro atoms. The zero-order valence-corrected chi connectivity index (χ0v) is 22.2. The molecule has 0 heterocycles. The van der Waals surface area contributed by atoms with Crippen molar-refractivity contribution >= 4 is 18.1 Å². The Morgan fingerprint density at radius 2 is 1.62 bits per heavy atom. The predicted octanol–water partition coefficient (Wildman–Crippen LogP) is 4.08. The molecule has 8 heteroatoms. The van der Waals surface area contributed by atoms with E-state index in [1.54, 1.807) is 25.3 Å². The predicted molar refractivity (Wildman–Crippen MR) is 149 cm³/mol. The maximum atomic E-state index is 12.2. The minimum absolute atomic E-state index is 0.125. The molecule has 37 heavy (non-hydrogen) atoms. The van der Waals surface area contributed by atoms with Gasteiger partial charge in [-0.1, -0.05) is 43.4 Å². The van der Waals surface area contributed by atoms with Gasteiger partial charge in [-0.25, -0.2) is 0 Å². The van der Waals surface area contributed by atoms with Crippen LogP contribution in [0.1, 0.15) is 37.3 Å². The lowest BCUT2D eigenvalue weighted by molar-refractivity contribution is -0.133. The molecule has 0 bridgehead atoms. The molecule has 0 saturated carbocycles. The van der Waals surface area contributed by atoms with Crippen molar-refractivity contribution < 1.29 is 24.1 Å². The number of carbonyl (C=O) groups is 1. The molecule has 0 saturated heterocycles. The highest BCUT2D eigenvalue weighted by Gasteiger charge is 2.10. The van der Waals surface area contributed by atoms with E-state index >= 15 is 0 Å². The lowest BCUT2D eigenvalue weighted by atomic mass is 10.1. The van der Waals surface area contributed by atoms with Gasteiger partial charge in [-0.05, 0) is 61.2 Å². The molecule has 2 aromatic rings. The maximum Gasteiger partial charge on any atom is 0.325 e. The van der Waals surface area contributed by atoms with Gasteiger partial charge in [0.25, 0.3) is 0 Å². The fourth-order valence-electron chi connectivity index (χ4n) is 3.66. The monoisotopic (exact) mass is 511 g/mol. The van der Waals surface area contributed by atoms with Crippen LogP contribution in [0.3, 0.4) is 0 Å². The number of allylic oxidation sites excluding steroid dienone is 2. The normalized spacial score (nSPS) is 11.5. The molecule has 0 aliphatic heterocycles. The number of benzene rings is 2. The number of rotatable bonds is 17. The van der Waals surface area contributed by atoms with E-state index in [2.05, 4.69) is 29.3 Å². The molecule has 0 unspecified atom stereocenters. The van der Waals surface area contributed by atoms with E-state index in [9.17, 15) is 9.90 Å². The molecule has 202 valence electrons. The molecule has 2 aromatic carbocycles. The largest absolute Gasteiger partial charge is 0.504 e. The Kier molecular flexibility index (Phi) is 13.9. The number of aromatic hydroxyl groups is 1. The van der Waals surface area contributed by atoms with Crippen LogP contribution in [-0.4, -0.2) is 69.5 Å². The maximum absolute atomic E-state index is 12.2. The summed E-state index contributed by atoms with van der Waals surface area (Å²) in [5, 5.41) is 12.8. The van der Waals surface area contributed by atoms with Crippen molar-refractivity contribution in [3.05, 3.63) is 59.7 Å². The Balaban J connectivity index is 1.75. The zero-order valence-electron chi connectivity index (χ0n) is 22.2. The molecule has 2 rings (SSSR count). The summed E-state index contributed by atoms with van der Waals surface area (Å²) in [5.41, 5.74) is 7.56. The topological polar surface area (TPSA) is 106 Å². The number of esters is 1. The van der Waals surface area contributed by atoms with Crippen LogP contribution in [0.2, 0.25) is 0 Å². The minimum atomic E-state index is -0.359. The number of phenols is 1. The molecule has 0 amide bonds. The van der Waals surface area contributed by atoms with Crippen molar-refractivity contribution in [2.24, 2.45) is 5.73 Å². The number of methoxy groups -OCH3 is 2. The molecule has 0 aliphatic rings. The first-order chi connectivity index (χ1) is 18.0. The number of likely N-dealkylation sites (N-methyl/N-ethyl adjacent to an activating group) is 1. The third-order valence-corrected chi connectivity index (χ3v) is 5.74. The molecule has 8 nitrogen and oxygen atoms in total. The highest BCUT2D eigenvalue weighted by molar-refractivity contribution is 5.75. The average Bonchev–Trinajstić information content (AvgIpc) is 2.91. The first-order valence-corrected chi connectivity index (χ1v) is 12.7. The van der Waals surface area contributed by atoms with E-state index in [1.807, 2.05) is 30.4 Å². The molecule has 0 aromatic heterocycles. The highest BCUT2D eigenvalue weighted by atomic mass is 16.6. The van der Waals surface area contributed by atoms with Gasteiger partial charge in [0.15, 0.2) is 23.0 Å². The standard InChI is InChI=1S/C29H41N3O5/c1-4-32(18-16-30)19-17-31-22-29(34)37-26-15-13-24(21-28(26)36-3)11-9-7-5-6-8-10-23-12-14-25(33)27(20-23)35-2/h8-15,20-21,31,33H,4-7,16-19,22,30H2,1-3H3/b10-8+,11-9+. The van der Waals surface area contributed by atoms with Crippen LogP contribution in [0.5, 0.6) is 23.0 Å². The van der Waals surface area contributed by atoms with Crippen LogP contribution in [0, 0.1) is 0 Å². The van der Waals surface area contributed by atoms with Crippen LogP contribution in [0.4, 0.5) is 0 Å². The highest BCUT2D eigenvalue weighted by Crippen LogP contribution is 2.29. The van der Waals surface area contributed by atoms with Crippen LogP contribution < -0.4 is 25.3 Å². The summed E-state index contributed by atoms with van der Waals surface area (Å²) in [6, 6.07) is 10.8. The van der Waals surface area contributed by atoms with Crippen LogP contribution in [-0.2, 0) is 4.79 Å². The number of nitrogens with zero attached hydrogens (tertiary/aromatic N) is 1.